The molecule has 0 aliphatic heterocycles. The van der Waals surface area contributed by atoms with Gasteiger partial charge in [-0.15, -0.1) is 0 Å². The summed E-state index contributed by atoms with van der Waals surface area (Å²) < 4.78 is 5.35. The molecule has 0 saturated carbocycles. The third-order valence-electron chi connectivity index (χ3n) is 2.32. The molecule has 0 radical (unpaired) electrons. The van der Waals surface area contributed by atoms with E-state index in [1.165, 1.54) is 0 Å². The molecule has 7 heteroatoms. The highest BCUT2D eigenvalue weighted by Crippen LogP contribution is 2.15. The third-order valence-corrected chi connectivity index (χ3v) is 2.32. The maximum Gasteiger partial charge on any atom is 0.218 e. The van der Waals surface area contributed by atoms with E-state index >= 15 is 0 Å². The molecule has 7 nitrogen and oxygen atoms in total. The zero-order valence-corrected chi connectivity index (χ0v) is 10.4. The van der Waals surface area contributed by atoms with Crippen LogP contribution in [0.25, 0.3) is 0 Å². The van der Waals surface area contributed by atoms with E-state index < -0.39 is 0 Å². The number of aryl methyl sites for hydroxylation is 1. The van der Waals surface area contributed by atoms with Gasteiger partial charge < -0.3 is 15.8 Å². The smallest absolute Gasteiger partial charge is 0.218 e. The SMILES string of the molecule is CCOc1cc(NCc2cn[nH]c2N)nc(C)n1. The van der Waals surface area contributed by atoms with Gasteiger partial charge in [0, 0.05) is 18.2 Å². The minimum Gasteiger partial charge on any atom is -0.478 e. The second kappa shape index (κ2) is 5.35. The molecular formula is C11H16N6O. The van der Waals surface area contributed by atoms with Crippen molar-refractivity contribution in [1.82, 2.24) is 20.2 Å². The van der Waals surface area contributed by atoms with Crippen LogP contribution in [-0.4, -0.2) is 26.8 Å². The van der Waals surface area contributed by atoms with Crippen molar-refractivity contribution >= 4 is 11.6 Å². The number of nitrogen functional groups attached to an aromatic ring is 1. The average Bonchev–Trinajstić information content (AvgIpc) is 2.72. The monoisotopic (exact) mass is 248 g/mol. The van der Waals surface area contributed by atoms with Crippen molar-refractivity contribution in [2.24, 2.45) is 0 Å². The van der Waals surface area contributed by atoms with E-state index in [-0.39, 0.29) is 0 Å². The van der Waals surface area contributed by atoms with Crippen molar-refractivity contribution in [2.45, 2.75) is 20.4 Å². The van der Waals surface area contributed by atoms with Crippen molar-refractivity contribution < 1.29 is 4.74 Å². The van der Waals surface area contributed by atoms with Crippen LogP contribution in [0.4, 0.5) is 11.6 Å². The van der Waals surface area contributed by atoms with Crippen LogP contribution in [0.1, 0.15) is 18.3 Å². The Morgan fingerprint density at radius 3 is 2.94 bits per heavy atom. The molecule has 2 rings (SSSR count). The minimum atomic E-state index is 0.546. The van der Waals surface area contributed by atoms with Crippen molar-refractivity contribution in [3.8, 4) is 5.88 Å². The van der Waals surface area contributed by atoms with Crippen LogP contribution in [0.2, 0.25) is 0 Å². The molecule has 0 spiro atoms. The molecule has 0 aliphatic carbocycles. The van der Waals surface area contributed by atoms with Gasteiger partial charge in [0.1, 0.15) is 17.5 Å². The fourth-order valence-corrected chi connectivity index (χ4v) is 1.50. The predicted molar refractivity (Wildman–Crippen MR) is 68.3 cm³/mol. The summed E-state index contributed by atoms with van der Waals surface area (Å²) in [6.07, 6.45) is 1.68. The number of hydrogen-bond acceptors (Lipinski definition) is 6. The Labute approximate surface area is 105 Å². The summed E-state index contributed by atoms with van der Waals surface area (Å²) in [5.41, 5.74) is 6.59. The molecule has 18 heavy (non-hydrogen) atoms. The van der Waals surface area contributed by atoms with Gasteiger partial charge >= 0.3 is 0 Å². The van der Waals surface area contributed by atoms with Crippen molar-refractivity contribution in [3.05, 3.63) is 23.7 Å². The summed E-state index contributed by atoms with van der Waals surface area (Å²) in [6.45, 7) is 4.85. The number of aromatic amines is 1. The molecular weight excluding hydrogens is 232 g/mol. The van der Waals surface area contributed by atoms with E-state index in [0.29, 0.717) is 36.5 Å². The maximum absolute atomic E-state index is 5.70. The first-order valence-electron chi connectivity index (χ1n) is 5.69. The van der Waals surface area contributed by atoms with E-state index in [1.807, 2.05) is 13.8 Å². The highest BCUT2D eigenvalue weighted by molar-refractivity contribution is 5.43. The average molecular weight is 248 g/mol. The van der Waals surface area contributed by atoms with Crippen LogP contribution in [0.3, 0.4) is 0 Å². The minimum absolute atomic E-state index is 0.546. The van der Waals surface area contributed by atoms with Crippen molar-refractivity contribution in [3.63, 3.8) is 0 Å². The molecule has 0 amide bonds. The molecule has 2 heterocycles. The Morgan fingerprint density at radius 1 is 1.44 bits per heavy atom. The molecule has 0 aromatic carbocycles. The fraction of sp³-hybridized carbons (Fsp3) is 0.364. The van der Waals surface area contributed by atoms with Gasteiger partial charge in [-0.1, -0.05) is 0 Å². The van der Waals surface area contributed by atoms with Crippen LogP contribution in [-0.2, 0) is 6.54 Å². The quantitative estimate of drug-likeness (QED) is 0.732. The summed E-state index contributed by atoms with van der Waals surface area (Å²) in [5, 5.41) is 9.69. The molecule has 96 valence electrons. The Balaban J connectivity index is 2.07. The van der Waals surface area contributed by atoms with Crippen LogP contribution in [0, 0.1) is 6.92 Å². The number of rotatable bonds is 5. The van der Waals surface area contributed by atoms with Crippen molar-refractivity contribution in [2.75, 3.05) is 17.7 Å². The number of anilines is 2. The van der Waals surface area contributed by atoms with E-state index in [4.69, 9.17) is 10.5 Å². The van der Waals surface area contributed by atoms with Crippen LogP contribution < -0.4 is 15.8 Å². The standard InChI is InChI=1S/C11H16N6O/c1-3-18-10-4-9(15-7(2)16-10)13-5-8-6-14-17-11(8)12/h4,6H,3,5H2,1-2H3,(H3,12,14,17)(H,13,15,16). The predicted octanol–water partition coefficient (Wildman–Crippen LogP) is 1.10. The number of ether oxygens (including phenoxy) is 1. The van der Waals surface area contributed by atoms with Gasteiger partial charge in [0.05, 0.1) is 12.8 Å². The van der Waals surface area contributed by atoms with Gasteiger partial charge in [0.25, 0.3) is 0 Å². The molecule has 0 aliphatic rings. The van der Waals surface area contributed by atoms with E-state index in [1.54, 1.807) is 12.3 Å². The molecule has 0 fully saturated rings. The van der Waals surface area contributed by atoms with E-state index in [9.17, 15) is 0 Å². The van der Waals surface area contributed by atoms with E-state index in [0.717, 1.165) is 5.56 Å². The number of H-pyrrole nitrogens is 1. The summed E-state index contributed by atoms with van der Waals surface area (Å²) in [5.74, 6) is 2.47. The maximum atomic E-state index is 5.70. The lowest BCUT2D eigenvalue weighted by molar-refractivity contribution is 0.325. The van der Waals surface area contributed by atoms with Crippen molar-refractivity contribution in [1.29, 1.82) is 0 Å². The molecule has 2 aromatic rings. The molecule has 0 bridgehead atoms. The summed E-state index contributed by atoms with van der Waals surface area (Å²) >= 11 is 0. The fourth-order valence-electron chi connectivity index (χ4n) is 1.50. The normalized spacial score (nSPS) is 10.3. The zero-order chi connectivity index (χ0) is 13.0. The molecule has 4 N–H and O–H groups in total. The number of nitrogens with two attached hydrogens (primary N) is 1. The molecule has 2 aromatic heterocycles. The zero-order valence-electron chi connectivity index (χ0n) is 10.4. The summed E-state index contributed by atoms with van der Waals surface area (Å²) in [7, 11) is 0. The molecule has 0 atom stereocenters. The first kappa shape index (κ1) is 12.2. The molecule has 0 unspecified atom stereocenters. The van der Waals surface area contributed by atoms with Gasteiger partial charge in [-0.05, 0) is 13.8 Å². The van der Waals surface area contributed by atoms with Gasteiger partial charge in [-0.25, -0.2) is 4.98 Å². The lowest BCUT2D eigenvalue weighted by Gasteiger charge is -2.08. The van der Waals surface area contributed by atoms with E-state index in [2.05, 4.69) is 25.5 Å². The second-order valence-electron chi connectivity index (χ2n) is 3.73. The topological polar surface area (TPSA) is 102 Å². The lowest BCUT2D eigenvalue weighted by Crippen LogP contribution is -2.05. The van der Waals surface area contributed by atoms with Gasteiger partial charge in [-0.2, -0.15) is 10.1 Å². The number of nitrogens with zero attached hydrogens (tertiary/aromatic N) is 3. The van der Waals surface area contributed by atoms with Crippen LogP contribution in [0.15, 0.2) is 12.3 Å². The highest BCUT2D eigenvalue weighted by atomic mass is 16.5. The Bertz CT molecular complexity index is 524. The van der Waals surface area contributed by atoms with Gasteiger partial charge in [0.2, 0.25) is 5.88 Å². The lowest BCUT2D eigenvalue weighted by atomic mass is 10.3. The van der Waals surface area contributed by atoms with Crippen LogP contribution in [0.5, 0.6) is 5.88 Å². The number of hydrogen-bond donors (Lipinski definition) is 3. The van der Waals surface area contributed by atoms with Crippen LogP contribution >= 0.6 is 0 Å². The Kier molecular flexibility index (Phi) is 3.61. The highest BCUT2D eigenvalue weighted by Gasteiger charge is 2.04. The number of aromatic nitrogens is 4. The summed E-state index contributed by atoms with van der Waals surface area (Å²) in [6, 6.07) is 1.76. The number of nitrogens with one attached hydrogen (secondary N) is 2. The second-order valence-corrected chi connectivity index (χ2v) is 3.73. The first-order valence-corrected chi connectivity index (χ1v) is 5.69. The Hall–Kier alpha value is -2.31. The third kappa shape index (κ3) is 2.88. The molecule has 0 saturated heterocycles. The first-order chi connectivity index (χ1) is 8.69. The van der Waals surface area contributed by atoms with Gasteiger partial charge in [0.15, 0.2) is 0 Å². The van der Waals surface area contributed by atoms with Gasteiger partial charge in [-0.3, -0.25) is 5.10 Å². The Morgan fingerprint density at radius 2 is 2.28 bits per heavy atom. The summed E-state index contributed by atoms with van der Waals surface area (Å²) in [4.78, 5) is 8.44. The largest absolute Gasteiger partial charge is 0.478 e.